The molecule has 2 rings (SSSR count). The number of aliphatic hydroxyl groups excluding tert-OH is 1. The van der Waals surface area contributed by atoms with Gasteiger partial charge in [-0.25, -0.2) is 4.39 Å². The molecule has 11 heteroatoms. The minimum absolute atomic E-state index is 0.00720. The average molecular weight is 622 g/mol. The number of likely N-dealkylation sites (N-methyl/N-ethyl adjacent to an activating group) is 1. The highest BCUT2D eigenvalue weighted by Gasteiger charge is 2.33. The molecule has 45 heavy (non-hydrogen) atoms. The van der Waals surface area contributed by atoms with Crippen LogP contribution < -0.4 is 20.9 Å². The van der Waals surface area contributed by atoms with Crippen LogP contribution in [0.15, 0.2) is 54.1 Å². The summed E-state index contributed by atoms with van der Waals surface area (Å²) >= 11 is 0. The quantitative estimate of drug-likeness (QED) is 0.211. The first-order valence-electron chi connectivity index (χ1n) is 14.8. The summed E-state index contributed by atoms with van der Waals surface area (Å²) in [7, 11) is 1.53. The van der Waals surface area contributed by atoms with E-state index in [9.17, 15) is 33.9 Å². The van der Waals surface area contributed by atoms with Crippen molar-refractivity contribution in [3.05, 3.63) is 76.6 Å². The maximum Gasteiger partial charge on any atom is 0.268 e. The number of aryl methyl sites for hydroxylation is 1. The molecule has 4 amide bonds. The van der Waals surface area contributed by atoms with Crippen molar-refractivity contribution in [2.24, 2.45) is 11.3 Å². The third-order valence-corrected chi connectivity index (χ3v) is 6.92. The lowest BCUT2D eigenvalue weighted by Gasteiger charge is -2.27. The van der Waals surface area contributed by atoms with Gasteiger partial charge in [-0.1, -0.05) is 65.0 Å². The highest BCUT2D eigenvalue weighted by molar-refractivity contribution is 6.08. The van der Waals surface area contributed by atoms with E-state index in [0.29, 0.717) is 11.3 Å². The number of carbonyl (C=O) groups is 4. The molecule has 4 N–H and O–H groups in total. The Balaban J connectivity index is 2.39. The highest BCUT2D eigenvalue weighted by atomic mass is 19.1. The van der Waals surface area contributed by atoms with E-state index >= 15 is 0 Å². The minimum atomic E-state index is -1.35. The molecular formula is C34H44FN5O5. The maximum atomic E-state index is 14.5. The Kier molecular flexibility index (Phi) is 13.0. The smallest absolute Gasteiger partial charge is 0.268 e. The molecule has 0 saturated heterocycles. The molecule has 2 aromatic rings. The van der Waals surface area contributed by atoms with Gasteiger partial charge in [-0.05, 0) is 49.1 Å². The van der Waals surface area contributed by atoms with Crippen LogP contribution in [0.4, 0.5) is 10.1 Å². The number of amides is 4. The molecule has 2 aromatic carbocycles. The monoisotopic (exact) mass is 621 g/mol. The van der Waals surface area contributed by atoms with Gasteiger partial charge < -0.3 is 26.0 Å². The Bertz CT molecular complexity index is 1470. The zero-order valence-electron chi connectivity index (χ0n) is 27.2. The molecule has 0 bridgehead atoms. The van der Waals surface area contributed by atoms with E-state index in [1.54, 1.807) is 70.2 Å². The normalized spacial score (nSPS) is 13.7. The molecule has 10 nitrogen and oxygen atoms in total. The SMILES string of the molecule is Cc1ccc(CNC(=O)C(Cc2cccc(N(C)C(=O)C(C#N)=CC(C)C)c2)NC(=O)[C@@H](NC(=O)C(C)(C)C)[C@@H](C)O)c(F)c1. The molecule has 1 unspecified atom stereocenters. The van der Waals surface area contributed by atoms with Crippen molar-refractivity contribution in [1.29, 1.82) is 5.26 Å². The number of anilines is 1. The fourth-order valence-electron chi connectivity index (χ4n) is 4.25. The number of nitrogens with one attached hydrogen (secondary N) is 3. The fraction of sp³-hybridized carbons (Fsp3) is 0.441. The van der Waals surface area contributed by atoms with Crippen LogP contribution in [-0.2, 0) is 32.1 Å². The van der Waals surface area contributed by atoms with E-state index in [2.05, 4.69) is 16.0 Å². The van der Waals surface area contributed by atoms with Gasteiger partial charge in [0.05, 0.1) is 6.10 Å². The van der Waals surface area contributed by atoms with Crippen LogP contribution in [0.3, 0.4) is 0 Å². The Morgan fingerprint density at radius 3 is 2.27 bits per heavy atom. The molecule has 0 saturated carbocycles. The second-order valence-electron chi connectivity index (χ2n) is 12.5. The van der Waals surface area contributed by atoms with Crippen LogP contribution in [0, 0.1) is 35.4 Å². The van der Waals surface area contributed by atoms with E-state index in [-0.39, 0.29) is 30.0 Å². The van der Waals surface area contributed by atoms with E-state index < -0.39 is 53.0 Å². The van der Waals surface area contributed by atoms with Gasteiger partial charge in [0.15, 0.2) is 0 Å². The maximum absolute atomic E-state index is 14.5. The van der Waals surface area contributed by atoms with Crippen molar-refractivity contribution >= 4 is 29.3 Å². The van der Waals surface area contributed by atoms with Crippen molar-refractivity contribution in [3.63, 3.8) is 0 Å². The molecule has 0 spiro atoms. The summed E-state index contributed by atoms with van der Waals surface area (Å²) in [5.41, 5.74) is 1.14. The zero-order valence-corrected chi connectivity index (χ0v) is 27.2. The van der Waals surface area contributed by atoms with Crippen LogP contribution in [0.2, 0.25) is 0 Å². The summed E-state index contributed by atoms with van der Waals surface area (Å²) in [6.07, 6.45) is 0.251. The van der Waals surface area contributed by atoms with E-state index in [1.165, 1.54) is 24.9 Å². The topological polar surface area (TPSA) is 152 Å². The Morgan fingerprint density at radius 1 is 1.04 bits per heavy atom. The third kappa shape index (κ3) is 10.8. The van der Waals surface area contributed by atoms with Crippen molar-refractivity contribution in [2.45, 2.75) is 79.6 Å². The van der Waals surface area contributed by atoms with Gasteiger partial charge in [0, 0.05) is 36.7 Å². The summed E-state index contributed by atoms with van der Waals surface area (Å²) in [6.45, 7) is 11.6. The van der Waals surface area contributed by atoms with E-state index in [4.69, 9.17) is 0 Å². The van der Waals surface area contributed by atoms with Gasteiger partial charge in [-0.2, -0.15) is 5.26 Å². The standard InChI is InChI=1S/C34H44FN5O5/c1-20(2)14-25(18-36)32(44)40(8)26-11-9-10-23(16-26)17-28(30(42)37-19-24-13-12-21(3)15-27(24)35)38-31(43)29(22(4)41)39-33(45)34(5,6)7/h9-16,20,22,28-29,41H,17,19H2,1-8H3,(H,37,42)(H,38,43)(H,39,45)/t22-,28?,29+/m1/s1. The minimum Gasteiger partial charge on any atom is -0.391 e. The lowest BCUT2D eigenvalue weighted by Crippen LogP contribution is -2.58. The van der Waals surface area contributed by atoms with Gasteiger partial charge in [0.2, 0.25) is 17.7 Å². The number of carbonyl (C=O) groups excluding carboxylic acids is 4. The number of rotatable bonds is 12. The molecule has 0 aliphatic rings. The molecule has 0 heterocycles. The van der Waals surface area contributed by atoms with E-state index in [1.807, 2.05) is 19.9 Å². The van der Waals surface area contributed by atoms with Gasteiger partial charge in [0.1, 0.15) is 29.5 Å². The predicted octanol–water partition coefficient (Wildman–Crippen LogP) is 3.46. The number of aliphatic hydroxyl groups is 1. The number of benzene rings is 2. The summed E-state index contributed by atoms with van der Waals surface area (Å²) < 4.78 is 14.5. The summed E-state index contributed by atoms with van der Waals surface area (Å²) in [6, 6.07) is 10.7. The number of nitriles is 1. The highest BCUT2D eigenvalue weighted by Crippen LogP contribution is 2.20. The largest absolute Gasteiger partial charge is 0.391 e. The summed E-state index contributed by atoms with van der Waals surface area (Å²) in [5, 5.41) is 27.7. The van der Waals surface area contributed by atoms with Crippen molar-refractivity contribution in [3.8, 4) is 6.07 Å². The third-order valence-electron chi connectivity index (χ3n) is 6.92. The van der Waals surface area contributed by atoms with Gasteiger partial charge in [0.25, 0.3) is 5.91 Å². The Morgan fingerprint density at radius 2 is 1.71 bits per heavy atom. The van der Waals surface area contributed by atoms with Crippen molar-refractivity contribution < 1.29 is 28.7 Å². The first-order valence-corrected chi connectivity index (χ1v) is 14.8. The van der Waals surface area contributed by atoms with Crippen LogP contribution in [0.25, 0.3) is 0 Å². The summed E-state index contributed by atoms with van der Waals surface area (Å²) in [5.74, 6) is -2.89. The van der Waals surface area contributed by atoms with Crippen molar-refractivity contribution in [1.82, 2.24) is 16.0 Å². The zero-order chi connectivity index (χ0) is 34.1. The van der Waals surface area contributed by atoms with Crippen LogP contribution >= 0.6 is 0 Å². The molecule has 0 aromatic heterocycles. The van der Waals surface area contributed by atoms with Crippen LogP contribution in [0.5, 0.6) is 0 Å². The Hall–Kier alpha value is -4.56. The van der Waals surface area contributed by atoms with Crippen LogP contribution in [-0.4, -0.2) is 54.0 Å². The summed E-state index contributed by atoms with van der Waals surface area (Å²) in [4.78, 5) is 53.8. The number of hydrogen-bond donors (Lipinski definition) is 4. The molecule has 242 valence electrons. The van der Waals surface area contributed by atoms with Gasteiger partial charge >= 0.3 is 0 Å². The number of halogens is 1. The van der Waals surface area contributed by atoms with Crippen molar-refractivity contribution in [2.75, 3.05) is 11.9 Å². The second-order valence-corrected chi connectivity index (χ2v) is 12.5. The Labute approximate surface area is 264 Å². The van der Waals surface area contributed by atoms with Crippen LogP contribution in [0.1, 0.15) is 58.2 Å². The molecule has 0 aliphatic carbocycles. The number of nitrogens with zero attached hydrogens (tertiary/aromatic N) is 2. The predicted molar refractivity (Wildman–Crippen MR) is 170 cm³/mol. The number of hydrogen-bond acceptors (Lipinski definition) is 6. The number of allylic oxidation sites excluding steroid dienone is 1. The van der Waals surface area contributed by atoms with Gasteiger partial charge in [-0.3, -0.25) is 19.2 Å². The van der Waals surface area contributed by atoms with E-state index in [0.717, 1.165) is 5.56 Å². The lowest BCUT2D eigenvalue weighted by atomic mass is 9.94. The molecule has 0 aliphatic heterocycles. The molecule has 3 atom stereocenters. The lowest BCUT2D eigenvalue weighted by molar-refractivity contribution is -0.137. The fourth-order valence-corrected chi connectivity index (χ4v) is 4.25. The molecular weight excluding hydrogens is 577 g/mol. The first kappa shape index (κ1) is 36.6. The molecule has 0 radical (unpaired) electrons. The second kappa shape index (κ2) is 16.0. The first-order chi connectivity index (χ1) is 20.9. The average Bonchev–Trinajstić information content (AvgIpc) is 2.96. The molecule has 0 fully saturated rings. The van der Waals surface area contributed by atoms with Gasteiger partial charge in [-0.15, -0.1) is 0 Å².